The van der Waals surface area contributed by atoms with E-state index >= 15 is 0 Å². The van der Waals surface area contributed by atoms with E-state index in [1.165, 1.54) is 37.8 Å². The minimum atomic E-state index is 0.510. The fourth-order valence-electron chi connectivity index (χ4n) is 3.17. The zero-order valence-corrected chi connectivity index (χ0v) is 12.0. The summed E-state index contributed by atoms with van der Waals surface area (Å²) in [7, 11) is 0. The van der Waals surface area contributed by atoms with Crippen LogP contribution in [0.3, 0.4) is 0 Å². The van der Waals surface area contributed by atoms with Gasteiger partial charge in [-0.25, -0.2) is 0 Å². The molecule has 2 aliphatic rings. The molecule has 2 heteroatoms. The molecule has 1 aromatic carbocycles. The van der Waals surface area contributed by atoms with E-state index in [1.807, 2.05) is 0 Å². The normalized spacial score (nSPS) is 22.5. The van der Waals surface area contributed by atoms with Gasteiger partial charge in [-0.15, -0.1) is 0 Å². The quantitative estimate of drug-likeness (QED) is 0.814. The van der Waals surface area contributed by atoms with E-state index in [1.54, 1.807) is 0 Å². The SMILES string of the molecule is CC(c1ccccc1)C(CN)N(CC1CC1)C1CC1. The minimum Gasteiger partial charge on any atom is -0.329 e. The summed E-state index contributed by atoms with van der Waals surface area (Å²) in [6, 6.07) is 12.2. The molecule has 0 heterocycles. The molecule has 0 amide bonds. The van der Waals surface area contributed by atoms with Crippen molar-refractivity contribution >= 4 is 0 Å². The molecule has 2 unspecified atom stereocenters. The molecule has 0 aliphatic heterocycles. The summed E-state index contributed by atoms with van der Waals surface area (Å²) in [5.41, 5.74) is 7.56. The van der Waals surface area contributed by atoms with Crippen LogP contribution in [0.25, 0.3) is 0 Å². The van der Waals surface area contributed by atoms with Crippen LogP contribution in [0.2, 0.25) is 0 Å². The fraction of sp³-hybridized carbons (Fsp3) is 0.647. The topological polar surface area (TPSA) is 29.3 Å². The molecule has 0 spiro atoms. The Morgan fingerprint density at radius 3 is 2.37 bits per heavy atom. The van der Waals surface area contributed by atoms with Gasteiger partial charge in [-0.05, 0) is 43.1 Å². The fourth-order valence-corrected chi connectivity index (χ4v) is 3.17. The summed E-state index contributed by atoms with van der Waals surface area (Å²) in [6.45, 7) is 4.40. The third kappa shape index (κ3) is 3.18. The molecule has 2 atom stereocenters. The van der Waals surface area contributed by atoms with E-state index in [0.717, 1.165) is 18.5 Å². The van der Waals surface area contributed by atoms with Crippen molar-refractivity contribution in [2.75, 3.05) is 13.1 Å². The van der Waals surface area contributed by atoms with Crippen LogP contribution in [0, 0.1) is 5.92 Å². The third-order valence-corrected chi connectivity index (χ3v) is 4.75. The minimum absolute atomic E-state index is 0.510. The highest BCUT2D eigenvalue weighted by Gasteiger charge is 2.38. The van der Waals surface area contributed by atoms with E-state index in [9.17, 15) is 0 Å². The highest BCUT2D eigenvalue weighted by atomic mass is 15.2. The van der Waals surface area contributed by atoms with Crippen LogP contribution in [0.1, 0.15) is 44.1 Å². The maximum Gasteiger partial charge on any atom is 0.0287 e. The Kier molecular flexibility index (Phi) is 3.90. The second-order valence-corrected chi connectivity index (χ2v) is 6.37. The lowest BCUT2D eigenvalue weighted by Gasteiger charge is -2.35. The molecule has 0 bridgehead atoms. The first-order chi connectivity index (χ1) is 9.29. The lowest BCUT2D eigenvalue weighted by molar-refractivity contribution is 0.162. The van der Waals surface area contributed by atoms with Crippen molar-refractivity contribution in [1.29, 1.82) is 0 Å². The smallest absolute Gasteiger partial charge is 0.0287 e. The lowest BCUT2D eigenvalue weighted by atomic mass is 9.91. The zero-order valence-electron chi connectivity index (χ0n) is 12.0. The number of hydrogen-bond donors (Lipinski definition) is 1. The summed E-state index contributed by atoms with van der Waals surface area (Å²) < 4.78 is 0. The van der Waals surface area contributed by atoms with Crippen LogP contribution in [-0.4, -0.2) is 30.1 Å². The second kappa shape index (κ2) is 5.64. The van der Waals surface area contributed by atoms with Gasteiger partial charge in [-0.3, -0.25) is 4.90 Å². The maximum atomic E-state index is 6.13. The molecule has 19 heavy (non-hydrogen) atoms. The lowest BCUT2D eigenvalue weighted by Crippen LogP contribution is -2.46. The average molecular weight is 258 g/mol. The maximum absolute atomic E-state index is 6.13. The van der Waals surface area contributed by atoms with Crippen LogP contribution in [0.5, 0.6) is 0 Å². The first-order valence-corrected chi connectivity index (χ1v) is 7.80. The number of benzene rings is 1. The van der Waals surface area contributed by atoms with Crippen LogP contribution in [0.4, 0.5) is 0 Å². The average Bonchev–Trinajstić information content (AvgIpc) is 3.31. The van der Waals surface area contributed by atoms with Crippen LogP contribution < -0.4 is 5.73 Å². The highest BCUT2D eigenvalue weighted by molar-refractivity contribution is 5.21. The molecule has 0 radical (unpaired) electrons. The van der Waals surface area contributed by atoms with Crippen molar-refractivity contribution in [2.24, 2.45) is 11.7 Å². The van der Waals surface area contributed by atoms with Gasteiger partial charge in [0, 0.05) is 25.2 Å². The first-order valence-electron chi connectivity index (χ1n) is 7.80. The van der Waals surface area contributed by atoms with Gasteiger partial charge in [0.05, 0.1) is 0 Å². The summed E-state index contributed by atoms with van der Waals surface area (Å²) in [6.07, 6.45) is 5.62. The van der Waals surface area contributed by atoms with Gasteiger partial charge in [-0.1, -0.05) is 37.3 Å². The molecule has 2 aliphatic carbocycles. The van der Waals surface area contributed by atoms with Gasteiger partial charge in [-0.2, -0.15) is 0 Å². The molecular formula is C17H26N2. The molecule has 2 fully saturated rings. The zero-order chi connectivity index (χ0) is 13.2. The molecule has 0 saturated heterocycles. The second-order valence-electron chi connectivity index (χ2n) is 6.37. The summed E-state index contributed by atoms with van der Waals surface area (Å²) in [5, 5.41) is 0. The van der Waals surface area contributed by atoms with Crippen LogP contribution in [0.15, 0.2) is 30.3 Å². The Bertz CT molecular complexity index is 395. The summed E-state index contributed by atoms with van der Waals surface area (Å²) >= 11 is 0. The van der Waals surface area contributed by atoms with E-state index in [4.69, 9.17) is 5.73 Å². The van der Waals surface area contributed by atoms with Gasteiger partial charge in [0.2, 0.25) is 0 Å². The van der Waals surface area contributed by atoms with Gasteiger partial charge in [0.15, 0.2) is 0 Å². The van der Waals surface area contributed by atoms with E-state index in [-0.39, 0.29) is 0 Å². The number of nitrogens with zero attached hydrogens (tertiary/aromatic N) is 1. The van der Waals surface area contributed by atoms with E-state index in [2.05, 4.69) is 42.2 Å². The Hall–Kier alpha value is -0.860. The van der Waals surface area contributed by atoms with Crippen LogP contribution in [-0.2, 0) is 0 Å². The number of nitrogens with two attached hydrogens (primary N) is 1. The molecule has 2 nitrogen and oxygen atoms in total. The predicted molar refractivity (Wildman–Crippen MR) is 80.2 cm³/mol. The van der Waals surface area contributed by atoms with Gasteiger partial charge >= 0.3 is 0 Å². The largest absolute Gasteiger partial charge is 0.329 e. The van der Waals surface area contributed by atoms with Crippen molar-refractivity contribution in [2.45, 2.75) is 50.6 Å². The van der Waals surface area contributed by atoms with Gasteiger partial charge in [0.1, 0.15) is 0 Å². The summed E-state index contributed by atoms with van der Waals surface area (Å²) in [5.74, 6) is 1.49. The van der Waals surface area contributed by atoms with Crippen molar-refractivity contribution < 1.29 is 0 Å². The van der Waals surface area contributed by atoms with Crippen molar-refractivity contribution in [1.82, 2.24) is 4.90 Å². The molecule has 104 valence electrons. The van der Waals surface area contributed by atoms with Crippen molar-refractivity contribution in [3.05, 3.63) is 35.9 Å². The highest BCUT2D eigenvalue weighted by Crippen LogP contribution is 2.38. The Morgan fingerprint density at radius 2 is 1.84 bits per heavy atom. The Balaban J connectivity index is 1.73. The van der Waals surface area contributed by atoms with E-state index < -0.39 is 0 Å². The van der Waals surface area contributed by atoms with Gasteiger partial charge < -0.3 is 5.73 Å². The molecule has 0 aromatic heterocycles. The van der Waals surface area contributed by atoms with Crippen molar-refractivity contribution in [3.8, 4) is 0 Å². The monoisotopic (exact) mass is 258 g/mol. The number of hydrogen-bond acceptors (Lipinski definition) is 2. The molecule has 3 rings (SSSR count). The van der Waals surface area contributed by atoms with Crippen molar-refractivity contribution in [3.63, 3.8) is 0 Å². The Morgan fingerprint density at radius 1 is 1.16 bits per heavy atom. The summed E-state index contributed by atoms with van der Waals surface area (Å²) in [4.78, 5) is 2.73. The van der Waals surface area contributed by atoms with Crippen LogP contribution >= 0.6 is 0 Å². The first kappa shape index (κ1) is 13.1. The van der Waals surface area contributed by atoms with E-state index in [0.29, 0.717) is 12.0 Å². The Labute approximate surface area is 117 Å². The predicted octanol–water partition coefficient (Wildman–Crippen LogP) is 2.99. The molecule has 2 saturated carbocycles. The molecular weight excluding hydrogens is 232 g/mol. The molecule has 2 N–H and O–H groups in total. The van der Waals surface area contributed by atoms with Gasteiger partial charge in [0.25, 0.3) is 0 Å². The third-order valence-electron chi connectivity index (χ3n) is 4.75. The molecule has 1 aromatic rings. The standard InChI is InChI=1S/C17H26N2/c1-13(15-5-3-2-4-6-15)17(11-18)19(16-9-10-16)12-14-7-8-14/h2-6,13-14,16-17H,7-12,18H2,1H3. The number of rotatable bonds is 7.